The summed E-state index contributed by atoms with van der Waals surface area (Å²) in [4.78, 5) is 4.34. The summed E-state index contributed by atoms with van der Waals surface area (Å²) in [6, 6.07) is 8.19. The molecule has 2 rings (SSSR count). The minimum Gasteiger partial charge on any atom is -0.353 e. The molecule has 0 saturated heterocycles. The maximum absolute atomic E-state index is 6.03. The monoisotopic (exact) mass is 238 g/mol. The first-order valence-electron chi connectivity index (χ1n) is 5.30. The average molecular weight is 239 g/mol. The Balaban J connectivity index is 1.97. The molecule has 0 radical (unpaired) electrons. The van der Waals surface area contributed by atoms with Crippen molar-refractivity contribution in [2.24, 2.45) is 10.8 Å². The Bertz CT molecular complexity index is 387. The summed E-state index contributed by atoms with van der Waals surface area (Å²) in [6.45, 7) is 0.527. The van der Waals surface area contributed by atoms with Gasteiger partial charge in [-0.15, -0.1) is 0 Å². The van der Waals surface area contributed by atoms with Crippen LogP contribution in [0.3, 0.4) is 0 Å². The molecule has 4 N–H and O–H groups in total. The largest absolute Gasteiger partial charge is 0.353 e. The van der Waals surface area contributed by atoms with Crippen molar-refractivity contribution >= 4 is 17.6 Å². The van der Waals surface area contributed by atoms with E-state index in [9.17, 15) is 0 Å². The first kappa shape index (κ1) is 11.2. The Labute approximate surface area is 99.9 Å². The summed E-state index contributed by atoms with van der Waals surface area (Å²) < 4.78 is 0. The molecule has 0 unspecified atom stereocenters. The van der Waals surface area contributed by atoms with Crippen LogP contribution in [0, 0.1) is 0 Å². The molecule has 1 aromatic rings. The lowest BCUT2D eigenvalue weighted by Crippen LogP contribution is -2.42. The van der Waals surface area contributed by atoms with Gasteiger partial charge in [-0.2, -0.15) is 0 Å². The zero-order chi connectivity index (χ0) is 11.4. The summed E-state index contributed by atoms with van der Waals surface area (Å²) in [5.74, 6) is 6.00. The molecule has 1 aromatic carbocycles. The van der Waals surface area contributed by atoms with Crippen LogP contribution in [0.4, 0.5) is 0 Å². The van der Waals surface area contributed by atoms with Gasteiger partial charge in [0.05, 0.1) is 6.54 Å². The van der Waals surface area contributed by atoms with Gasteiger partial charge in [-0.05, 0) is 24.5 Å². The van der Waals surface area contributed by atoms with Crippen molar-refractivity contribution in [3.05, 3.63) is 34.9 Å². The van der Waals surface area contributed by atoms with E-state index in [2.05, 4.69) is 15.7 Å². The van der Waals surface area contributed by atoms with E-state index in [0.29, 0.717) is 18.5 Å². The molecule has 16 heavy (non-hydrogen) atoms. The fourth-order valence-electron chi connectivity index (χ4n) is 1.34. The topological polar surface area (TPSA) is 62.4 Å². The number of benzene rings is 1. The van der Waals surface area contributed by atoms with E-state index in [0.717, 1.165) is 10.6 Å². The molecule has 1 fully saturated rings. The van der Waals surface area contributed by atoms with Crippen LogP contribution in [-0.4, -0.2) is 12.0 Å². The molecule has 1 saturated carbocycles. The van der Waals surface area contributed by atoms with Crippen molar-refractivity contribution < 1.29 is 0 Å². The third-order valence-corrected chi connectivity index (χ3v) is 2.79. The number of guanidine groups is 1. The number of aliphatic imine (C=N–C) groups is 1. The first-order chi connectivity index (χ1) is 7.79. The maximum Gasteiger partial charge on any atom is 0.206 e. The zero-order valence-electron chi connectivity index (χ0n) is 8.91. The molecule has 86 valence electrons. The molecular formula is C11H15ClN4. The second-order valence-corrected chi connectivity index (χ2v) is 4.23. The second kappa shape index (κ2) is 5.18. The number of nitrogens with zero attached hydrogens (tertiary/aromatic N) is 1. The summed E-state index contributed by atoms with van der Waals surface area (Å²) in [5.41, 5.74) is 3.55. The highest BCUT2D eigenvalue weighted by Gasteiger charge is 2.21. The molecule has 0 spiro atoms. The minimum absolute atomic E-state index is 0.527. The van der Waals surface area contributed by atoms with Crippen LogP contribution in [-0.2, 0) is 6.54 Å². The number of halogens is 1. The molecule has 1 aliphatic rings. The van der Waals surface area contributed by atoms with Gasteiger partial charge in [-0.1, -0.05) is 29.8 Å². The fraction of sp³-hybridized carbons (Fsp3) is 0.364. The summed E-state index contributed by atoms with van der Waals surface area (Å²) in [7, 11) is 0. The van der Waals surface area contributed by atoms with Crippen molar-refractivity contribution in [1.82, 2.24) is 10.7 Å². The van der Waals surface area contributed by atoms with Crippen LogP contribution in [0.1, 0.15) is 18.4 Å². The highest BCUT2D eigenvalue weighted by atomic mass is 35.5. The Morgan fingerprint density at radius 3 is 2.81 bits per heavy atom. The van der Waals surface area contributed by atoms with Crippen molar-refractivity contribution in [1.29, 1.82) is 0 Å². The van der Waals surface area contributed by atoms with Gasteiger partial charge in [0.2, 0.25) is 5.96 Å². The normalized spacial score (nSPS) is 16.0. The molecular weight excluding hydrogens is 224 g/mol. The fourth-order valence-corrected chi connectivity index (χ4v) is 1.54. The van der Waals surface area contributed by atoms with E-state index in [1.54, 1.807) is 0 Å². The summed E-state index contributed by atoms with van der Waals surface area (Å²) in [6.07, 6.45) is 2.37. The molecule has 5 heteroatoms. The number of nitrogens with two attached hydrogens (primary N) is 1. The smallest absolute Gasteiger partial charge is 0.206 e. The second-order valence-electron chi connectivity index (χ2n) is 3.82. The molecule has 4 nitrogen and oxygen atoms in total. The van der Waals surface area contributed by atoms with Gasteiger partial charge in [-0.3, -0.25) is 5.43 Å². The summed E-state index contributed by atoms with van der Waals surface area (Å²) >= 11 is 6.03. The number of hydrogen-bond acceptors (Lipinski definition) is 2. The van der Waals surface area contributed by atoms with Gasteiger partial charge in [0.1, 0.15) is 0 Å². The van der Waals surface area contributed by atoms with Gasteiger partial charge >= 0.3 is 0 Å². The van der Waals surface area contributed by atoms with Gasteiger partial charge in [0.25, 0.3) is 0 Å². The molecule has 0 bridgehead atoms. The average Bonchev–Trinajstić information content (AvgIpc) is 3.10. The standard InChI is InChI=1S/C11H15ClN4/c12-10-4-2-1-3-8(10)7-14-11(16-13)15-9-5-6-9/h1-4,9H,5-7,13H2,(H2,14,15,16). The minimum atomic E-state index is 0.527. The van der Waals surface area contributed by atoms with Crippen molar-refractivity contribution in [3.63, 3.8) is 0 Å². The van der Waals surface area contributed by atoms with Crippen LogP contribution in [0.25, 0.3) is 0 Å². The van der Waals surface area contributed by atoms with Crippen molar-refractivity contribution in [2.75, 3.05) is 0 Å². The van der Waals surface area contributed by atoms with E-state index >= 15 is 0 Å². The van der Waals surface area contributed by atoms with Crippen LogP contribution in [0.15, 0.2) is 29.3 Å². The van der Waals surface area contributed by atoms with Gasteiger partial charge in [-0.25, -0.2) is 10.8 Å². The molecule has 0 aromatic heterocycles. The van der Waals surface area contributed by atoms with E-state index in [1.807, 2.05) is 24.3 Å². The van der Waals surface area contributed by atoms with Gasteiger partial charge in [0, 0.05) is 11.1 Å². The third kappa shape index (κ3) is 3.12. The van der Waals surface area contributed by atoms with E-state index < -0.39 is 0 Å². The molecule has 0 aliphatic heterocycles. The van der Waals surface area contributed by atoms with Crippen molar-refractivity contribution in [2.45, 2.75) is 25.4 Å². The van der Waals surface area contributed by atoms with Crippen LogP contribution >= 0.6 is 11.6 Å². The Morgan fingerprint density at radius 2 is 2.19 bits per heavy atom. The molecule has 0 amide bonds. The third-order valence-electron chi connectivity index (χ3n) is 2.42. The van der Waals surface area contributed by atoms with Crippen LogP contribution < -0.4 is 16.6 Å². The number of nitrogens with one attached hydrogen (secondary N) is 2. The predicted octanol–water partition coefficient (Wildman–Crippen LogP) is 1.41. The number of rotatable bonds is 3. The predicted molar refractivity (Wildman–Crippen MR) is 66.1 cm³/mol. The van der Waals surface area contributed by atoms with E-state index in [1.165, 1.54) is 12.8 Å². The lowest BCUT2D eigenvalue weighted by Gasteiger charge is -2.08. The maximum atomic E-state index is 6.03. The number of hydrazine groups is 1. The lowest BCUT2D eigenvalue weighted by atomic mass is 10.2. The molecule has 0 atom stereocenters. The van der Waals surface area contributed by atoms with Crippen LogP contribution in [0.5, 0.6) is 0 Å². The zero-order valence-corrected chi connectivity index (χ0v) is 9.67. The first-order valence-corrected chi connectivity index (χ1v) is 5.68. The summed E-state index contributed by atoms with van der Waals surface area (Å²) in [5, 5.41) is 3.93. The lowest BCUT2D eigenvalue weighted by molar-refractivity contribution is 0.821. The van der Waals surface area contributed by atoms with E-state index in [4.69, 9.17) is 17.4 Å². The van der Waals surface area contributed by atoms with Crippen molar-refractivity contribution in [3.8, 4) is 0 Å². The van der Waals surface area contributed by atoms with Gasteiger partial charge in [0.15, 0.2) is 0 Å². The van der Waals surface area contributed by atoms with E-state index in [-0.39, 0.29) is 0 Å². The quantitative estimate of drug-likeness (QED) is 0.323. The Kier molecular flexibility index (Phi) is 3.64. The molecule has 0 heterocycles. The SMILES string of the molecule is NNC(=NCc1ccccc1Cl)NC1CC1. The Morgan fingerprint density at radius 1 is 1.44 bits per heavy atom. The highest BCUT2D eigenvalue weighted by Crippen LogP contribution is 2.18. The molecule has 1 aliphatic carbocycles. The number of hydrogen-bond donors (Lipinski definition) is 3. The van der Waals surface area contributed by atoms with Crippen LogP contribution in [0.2, 0.25) is 5.02 Å². The Hall–Kier alpha value is -1.26. The highest BCUT2D eigenvalue weighted by molar-refractivity contribution is 6.31. The van der Waals surface area contributed by atoms with Gasteiger partial charge < -0.3 is 5.32 Å².